The molecule has 0 radical (unpaired) electrons. The van der Waals surface area contributed by atoms with E-state index in [-0.39, 0.29) is 28.2 Å². The molecule has 0 saturated carbocycles. The molecule has 2 aliphatic rings. The molecule has 6 rings (SSSR count). The van der Waals surface area contributed by atoms with Crippen molar-refractivity contribution >= 4 is 24.1 Å². The average Bonchev–Trinajstić information content (AvgIpc) is 3.38. The van der Waals surface area contributed by atoms with Crippen LogP contribution in [0.15, 0.2) is 96.1 Å². The van der Waals surface area contributed by atoms with E-state index in [1.54, 1.807) is 13.8 Å². The van der Waals surface area contributed by atoms with Crippen molar-refractivity contribution in [1.82, 2.24) is 0 Å². The Labute approximate surface area is 279 Å². The lowest BCUT2D eigenvalue weighted by atomic mass is 9.72. The molecule has 4 aromatic carbocycles. The van der Waals surface area contributed by atoms with Crippen LogP contribution >= 0.6 is 0 Å². The Balaban J connectivity index is 1.32. The van der Waals surface area contributed by atoms with Crippen LogP contribution in [0.4, 0.5) is 0 Å². The number of rotatable bonds is 6. The monoisotopic (exact) mass is 624 g/mol. The van der Waals surface area contributed by atoms with Crippen molar-refractivity contribution in [2.45, 2.75) is 84.5 Å². The number of hydrogen-bond acceptors (Lipinski definition) is 4. The number of carbonyl (C=O) groups excluding carboxylic acids is 2. The van der Waals surface area contributed by atoms with E-state index in [9.17, 15) is 9.59 Å². The Bertz CT molecular complexity index is 1790. The summed E-state index contributed by atoms with van der Waals surface area (Å²) in [6, 6.07) is 28.3. The van der Waals surface area contributed by atoms with Crippen LogP contribution in [0.5, 0.6) is 11.5 Å². The fraction of sp³-hybridized carbons (Fsp3) is 0.302. The van der Waals surface area contributed by atoms with Crippen LogP contribution in [0.2, 0.25) is 0 Å². The summed E-state index contributed by atoms with van der Waals surface area (Å²) in [6.07, 6.45) is 5.52. The van der Waals surface area contributed by atoms with Crippen LogP contribution in [0, 0.1) is 13.8 Å². The molecule has 0 atom stereocenters. The first-order valence-corrected chi connectivity index (χ1v) is 16.4. The Hall–Kier alpha value is -4.70. The van der Waals surface area contributed by atoms with E-state index in [1.807, 2.05) is 86.7 Å². The number of benzene rings is 4. The molecule has 2 aliphatic carbocycles. The molecule has 4 aromatic rings. The minimum absolute atomic E-state index is 0.100. The molecule has 47 heavy (non-hydrogen) atoms. The van der Waals surface area contributed by atoms with E-state index in [0.29, 0.717) is 22.6 Å². The van der Waals surface area contributed by atoms with Crippen molar-refractivity contribution in [3.05, 3.63) is 141 Å². The predicted molar refractivity (Wildman–Crippen MR) is 190 cm³/mol. The molecule has 0 saturated heterocycles. The lowest BCUT2D eigenvalue weighted by Gasteiger charge is -2.30. The second-order valence-corrected chi connectivity index (χ2v) is 14.9. The zero-order chi connectivity index (χ0) is 33.7. The Kier molecular flexibility index (Phi) is 8.12. The highest BCUT2D eigenvalue weighted by Gasteiger charge is 2.56. The third-order valence-electron chi connectivity index (χ3n) is 9.94. The quantitative estimate of drug-likeness (QED) is 0.122. The van der Waals surface area contributed by atoms with Crippen LogP contribution in [-0.2, 0) is 25.8 Å². The number of esters is 2. The van der Waals surface area contributed by atoms with E-state index in [2.05, 4.69) is 52.0 Å². The SMILES string of the molecule is C/C(=C\c1ccc(C)cc1)C(=O)Oc1ccc2c(c1)C1(CC2(C)C)CC(C)(C)c2ccc(OC(=O)/C(C)=C/c3ccc(C)cc3)cc21. The van der Waals surface area contributed by atoms with Crippen LogP contribution in [0.25, 0.3) is 12.2 Å². The van der Waals surface area contributed by atoms with Gasteiger partial charge in [-0.05, 0) is 121 Å². The summed E-state index contributed by atoms with van der Waals surface area (Å²) in [7, 11) is 0. The lowest BCUT2D eigenvalue weighted by Crippen LogP contribution is -2.27. The van der Waals surface area contributed by atoms with Crippen LogP contribution in [0.3, 0.4) is 0 Å². The summed E-state index contributed by atoms with van der Waals surface area (Å²) >= 11 is 0. The van der Waals surface area contributed by atoms with Crippen LogP contribution < -0.4 is 9.47 Å². The van der Waals surface area contributed by atoms with Crippen molar-refractivity contribution < 1.29 is 19.1 Å². The normalized spacial score (nSPS) is 19.3. The van der Waals surface area contributed by atoms with Crippen molar-refractivity contribution in [3.63, 3.8) is 0 Å². The van der Waals surface area contributed by atoms with Gasteiger partial charge in [-0.3, -0.25) is 0 Å². The first kappa shape index (κ1) is 32.2. The number of fused-ring (bicyclic) bond motifs is 4. The molecule has 0 fully saturated rings. The molecule has 0 N–H and O–H groups in total. The van der Waals surface area contributed by atoms with E-state index >= 15 is 0 Å². The zero-order valence-electron chi connectivity index (χ0n) is 28.8. The predicted octanol–water partition coefficient (Wildman–Crippen LogP) is 9.97. The Morgan fingerprint density at radius 1 is 0.553 bits per heavy atom. The molecule has 0 heterocycles. The molecule has 0 bridgehead atoms. The fourth-order valence-electron chi connectivity index (χ4n) is 7.75. The van der Waals surface area contributed by atoms with Gasteiger partial charge >= 0.3 is 11.9 Å². The second-order valence-electron chi connectivity index (χ2n) is 14.9. The molecule has 0 unspecified atom stereocenters. The van der Waals surface area contributed by atoms with Gasteiger partial charge in [0.15, 0.2) is 0 Å². The average molecular weight is 625 g/mol. The molecule has 4 heteroatoms. The number of hydrogen-bond donors (Lipinski definition) is 0. The van der Waals surface area contributed by atoms with Gasteiger partial charge in [-0.25, -0.2) is 9.59 Å². The van der Waals surface area contributed by atoms with Gasteiger partial charge in [0.25, 0.3) is 0 Å². The van der Waals surface area contributed by atoms with Gasteiger partial charge in [0.1, 0.15) is 11.5 Å². The molecule has 0 amide bonds. The number of ether oxygens (including phenoxy) is 2. The summed E-state index contributed by atoms with van der Waals surface area (Å²) in [5.74, 6) is 0.334. The van der Waals surface area contributed by atoms with Gasteiger partial charge in [-0.2, -0.15) is 0 Å². The summed E-state index contributed by atoms with van der Waals surface area (Å²) in [5.41, 5.74) is 9.69. The van der Waals surface area contributed by atoms with Crippen molar-refractivity contribution in [2.24, 2.45) is 0 Å². The summed E-state index contributed by atoms with van der Waals surface area (Å²) in [4.78, 5) is 26.4. The third-order valence-corrected chi connectivity index (χ3v) is 9.94. The van der Waals surface area contributed by atoms with Gasteiger partial charge in [-0.15, -0.1) is 0 Å². The standard InChI is InChI=1S/C43H44O4/c1-27-9-13-31(14-10-27)21-29(3)39(44)46-33-17-19-35-37(23-33)43(25-41(35,5)6)26-42(7,8)36-20-18-34(24-38(36)43)47-40(45)30(4)22-32-15-11-28(2)12-16-32/h9-24H,25-26H2,1-8H3/b29-21+,30-22+. The lowest BCUT2D eigenvalue weighted by molar-refractivity contribution is -0.130. The first-order chi connectivity index (χ1) is 22.2. The molecule has 240 valence electrons. The maximum Gasteiger partial charge on any atom is 0.339 e. The van der Waals surface area contributed by atoms with Gasteiger partial charge < -0.3 is 9.47 Å². The summed E-state index contributed by atoms with van der Waals surface area (Å²) < 4.78 is 12.0. The highest BCUT2D eigenvalue weighted by Crippen LogP contribution is 2.63. The molecular formula is C43H44O4. The largest absolute Gasteiger partial charge is 0.423 e. The van der Waals surface area contributed by atoms with E-state index in [0.717, 1.165) is 24.0 Å². The maximum absolute atomic E-state index is 13.2. The minimum Gasteiger partial charge on any atom is -0.423 e. The van der Waals surface area contributed by atoms with E-state index in [4.69, 9.17) is 9.47 Å². The van der Waals surface area contributed by atoms with E-state index in [1.165, 1.54) is 33.4 Å². The first-order valence-electron chi connectivity index (χ1n) is 16.4. The maximum atomic E-state index is 13.2. The molecule has 0 aliphatic heterocycles. The van der Waals surface area contributed by atoms with Crippen LogP contribution in [0.1, 0.15) is 98.9 Å². The molecule has 4 nitrogen and oxygen atoms in total. The molecule has 1 spiro atoms. The summed E-state index contributed by atoms with van der Waals surface area (Å²) in [5, 5.41) is 0. The van der Waals surface area contributed by atoms with Crippen molar-refractivity contribution in [1.29, 1.82) is 0 Å². The van der Waals surface area contributed by atoms with Crippen LogP contribution in [-0.4, -0.2) is 11.9 Å². The fourth-order valence-corrected chi connectivity index (χ4v) is 7.75. The smallest absolute Gasteiger partial charge is 0.339 e. The van der Waals surface area contributed by atoms with E-state index < -0.39 is 0 Å². The summed E-state index contributed by atoms with van der Waals surface area (Å²) in [6.45, 7) is 16.8. The number of aryl methyl sites for hydroxylation is 2. The third kappa shape index (κ3) is 6.22. The van der Waals surface area contributed by atoms with Gasteiger partial charge in [0.2, 0.25) is 0 Å². The zero-order valence-corrected chi connectivity index (χ0v) is 28.8. The molecule has 0 aromatic heterocycles. The highest BCUT2D eigenvalue weighted by atomic mass is 16.5. The van der Waals surface area contributed by atoms with Gasteiger partial charge in [-0.1, -0.05) is 99.5 Å². The highest BCUT2D eigenvalue weighted by molar-refractivity contribution is 5.95. The number of carbonyl (C=O) groups is 2. The molecular weight excluding hydrogens is 580 g/mol. The minimum atomic E-state index is -0.368. The van der Waals surface area contributed by atoms with Gasteiger partial charge in [0, 0.05) is 16.6 Å². The topological polar surface area (TPSA) is 52.6 Å². The van der Waals surface area contributed by atoms with Crippen molar-refractivity contribution in [2.75, 3.05) is 0 Å². The van der Waals surface area contributed by atoms with Gasteiger partial charge in [0.05, 0.1) is 0 Å². The second kappa shape index (κ2) is 11.8. The Morgan fingerprint density at radius 3 is 1.28 bits per heavy atom. The van der Waals surface area contributed by atoms with Crippen molar-refractivity contribution in [3.8, 4) is 11.5 Å². The Morgan fingerprint density at radius 2 is 0.915 bits per heavy atom.